The van der Waals surface area contributed by atoms with Gasteiger partial charge in [-0.2, -0.15) is 0 Å². The summed E-state index contributed by atoms with van der Waals surface area (Å²) >= 11 is 1.64. The van der Waals surface area contributed by atoms with Crippen LogP contribution in [0.2, 0.25) is 0 Å². The van der Waals surface area contributed by atoms with E-state index in [9.17, 15) is 9.59 Å². The molecule has 3 heterocycles. The molecule has 0 aliphatic carbocycles. The SMILES string of the molecule is Cc1cc(C(=O)NC2CCN(C(=O)c3ccco3)CC2)c(C)s1. The third kappa shape index (κ3) is 3.47. The van der Waals surface area contributed by atoms with E-state index in [4.69, 9.17) is 4.42 Å². The minimum Gasteiger partial charge on any atom is -0.459 e. The molecular weight excluding hydrogens is 312 g/mol. The third-order valence-corrected chi connectivity index (χ3v) is 5.10. The predicted octanol–water partition coefficient (Wildman–Crippen LogP) is 2.99. The number of rotatable bonds is 3. The molecule has 2 aromatic rings. The molecule has 122 valence electrons. The summed E-state index contributed by atoms with van der Waals surface area (Å²) in [5.74, 6) is 0.281. The van der Waals surface area contributed by atoms with Crippen LogP contribution in [0.25, 0.3) is 0 Å². The van der Waals surface area contributed by atoms with Gasteiger partial charge in [-0.25, -0.2) is 0 Å². The molecule has 0 saturated carbocycles. The van der Waals surface area contributed by atoms with Crippen molar-refractivity contribution in [2.45, 2.75) is 32.7 Å². The maximum Gasteiger partial charge on any atom is 0.289 e. The number of amides is 2. The van der Waals surface area contributed by atoms with Crippen LogP contribution in [0.1, 0.15) is 43.5 Å². The highest BCUT2D eigenvalue weighted by Crippen LogP contribution is 2.21. The largest absolute Gasteiger partial charge is 0.459 e. The highest BCUT2D eigenvalue weighted by molar-refractivity contribution is 7.12. The van der Waals surface area contributed by atoms with E-state index in [0.29, 0.717) is 18.8 Å². The molecule has 23 heavy (non-hydrogen) atoms. The van der Waals surface area contributed by atoms with E-state index < -0.39 is 0 Å². The van der Waals surface area contributed by atoms with Gasteiger partial charge in [-0.05, 0) is 44.9 Å². The average Bonchev–Trinajstić information content (AvgIpc) is 3.17. The van der Waals surface area contributed by atoms with Crippen molar-refractivity contribution in [3.63, 3.8) is 0 Å². The summed E-state index contributed by atoms with van der Waals surface area (Å²) in [6, 6.07) is 5.44. The smallest absolute Gasteiger partial charge is 0.289 e. The number of piperidine rings is 1. The maximum absolute atomic E-state index is 12.3. The molecule has 1 saturated heterocycles. The van der Waals surface area contributed by atoms with Crippen molar-refractivity contribution in [1.29, 1.82) is 0 Å². The van der Waals surface area contributed by atoms with Crippen molar-refractivity contribution in [1.82, 2.24) is 10.2 Å². The lowest BCUT2D eigenvalue weighted by Gasteiger charge is -2.31. The minimum absolute atomic E-state index is 0.0114. The van der Waals surface area contributed by atoms with Gasteiger partial charge in [0.2, 0.25) is 0 Å². The fraction of sp³-hybridized carbons (Fsp3) is 0.412. The van der Waals surface area contributed by atoms with Crippen molar-refractivity contribution in [3.8, 4) is 0 Å². The first-order valence-electron chi connectivity index (χ1n) is 7.75. The lowest BCUT2D eigenvalue weighted by atomic mass is 10.0. The number of hydrogen-bond acceptors (Lipinski definition) is 4. The van der Waals surface area contributed by atoms with Crippen LogP contribution in [0.5, 0.6) is 0 Å². The molecule has 0 radical (unpaired) electrons. The third-order valence-electron chi connectivity index (χ3n) is 4.13. The molecule has 1 N–H and O–H groups in total. The van der Waals surface area contributed by atoms with Crippen LogP contribution in [-0.2, 0) is 0 Å². The second-order valence-electron chi connectivity index (χ2n) is 5.84. The predicted molar refractivity (Wildman–Crippen MR) is 88.9 cm³/mol. The lowest BCUT2D eigenvalue weighted by molar-refractivity contribution is 0.0667. The number of carbonyl (C=O) groups excluding carboxylic acids is 2. The molecule has 1 aliphatic heterocycles. The quantitative estimate of drug-likeness (QED) is 0.940. The summed E-state index contributed by atoms with van der Waals surface area (Å²) in [6.07, 6.45) is 3.03. The Balaban J connectivity index is 1.54. The maximum atomic E-state index is 12.3. The zero-order chi connectivity index (χ0) is 16.4. The zero-order valence-corrected chi connectivity index (χ0v) is 14.1. The number of likely N-dealkylation sites (tertiary alicyclic amines) is 1. The Labute approximate surface area is 139 Å². The number of thiophene rings is 1. The van der Waals surface area contributed by atoms with Gasteiger partial charge in [0, 0.05) is 28.9 Å². The summed E-state index contributed by atoms with van der Waals surface area (Å²) in [6.45, 7) is 5.24. The Morgan fingerprint density at radius 2 is 2.04 bits per heavy atom. The molecule has 0 spiro atoms. The van der Waals surface area contributed by atoms with Crippen molar-refractivity contribution in [2.24, 2.45) is 0 Å². The summed E-state index contributed by atoms with van der Waals surface area (Å²) < 4.78 is 5.15. The first kappa shape index (κ1) is 15.8. The second-order valence-corrected chi connectivity index (χ2v) is 7.30. The highest BCUT2D eigenvalue weighted by Gasteiger charge is 2.26. The number of carbonyl (C=O) groups is 2. The minimum atomic E-state index is -0.0796. The van der Waals surface area contributed by atoms with E-state index in [0.717, 1.165) is 28.2 Å². The molecule has 6 heteroatoms. The molecule has 0 atom stereocenters. The number of hydrogen-bond donors (Lipinski definition) is 1. The van der Waals surface area contributed by atoms with E-state index in [1.54, 1.807) is 28.4 Å². The van der Waals surface area contributed by atoms with Crippen molar-refractivity contribution in [2.75, 3.05) is 13.1 Å². The summed E-state index contributed by atoms with van der Waals surface area (Å²) in [5, 5.41) is 3.09. The molecular formula is C17H20N2O3S. The van der Waals surface area contributed by atoms with Crippen LogP contribution in [0.3, 0.4) is 0 Å². The zero-order valence-electron chi connectivity index (χ0n) is 13.3. The Bertz CT molecular complexity index is 698. The molecule has 0 unspecified atom stereocenters. The van der Waals surface area contributed by atoms with Crippen LogP contribution in [-0.4, -0.2) is 35.8 Å². The van der Waals surface area contributed by atoms with Crippen LogP contribution >= 0.6 is 11.3 Å². The highest BCUT2D eigenvalue weighted by atomic mass is 32.1. The van der Waals surface area contributed by atoms with Gasteiger partial charge in [-0.1, -0.05) is 0 Å². The van der Waals surface area contributed by atoms with Crippen LogP contribution in [0.4, 0.5) is 0 Å². The fourth-order valence-electron chi connectivity index (χ4n) is 2.90. The second kappa shape index (κ2) is 6.58. The number of nitrogens with one attached hydrogen (secondary N) is 1. The fourth-order valence-corrected chi connectivity index (χ4v) is 3.82. The Morgan fingerprint density at radius 3 is 2.61 bits per heavy atom. The number of aryl methyl sites for hydroxylation is 2. The Kier molecular flexibility index (Phi) is 4.52. The van der Waals surface area contributed by atoms with Crippen LogP contribution in [0, 0.1) is 13.8 Å². The Hall–Kier alpha value is -2.08. The van der Waals surface area contributed by atoms with E-state index in [1.807, 2.05) is 19.9 Å². The molecule has 5 nitrogen and oxygen atoms in total. The van der Waals surface area contributed by atoms with Gasteiger partial charge in [0.05, 0.1) is 11.8 Å². The van der Waals surface area contributed by atoms with Gasteiger partial charge in [0.1, 0.15) is 0 Å². The molecule has 2 amide bonds. The summed E-state index contributed by atoms with van der Waals surface area (Å²) in [4.78, 5) is 28.5. The van der Waals surface area contributed by atoms with Crippen molar-refractivity contribution in [3.05, 3.63) is 45.5 Å². The van der Waals surface area contributed by atoms with Gasteiger partial charge in [0.25, 0.3) is 11.8 Å². The van der Waals surface area contributed by atoms with E-state index in [2.05, 4.69) is 5.32 Å². The molecule has 1 fully saturated rings. The normalized spacial score (nSPS) is 15.7. The lowest BCUT2D eigenvalue weighted by Crippen LogP contribution is -2.46. The van der Waals surface area contributed by atoms with Crippen LogP contribution < -0.4 is 5.32 Å². The van der Waals surface area contributed by atoms with E-state index in [1.165, 1.54) is 6.26 Å². The van der Waals surface area contributed by atoms with Crippen molar-refractivity contribution < 1.29 is 14.0 Å². The van der Waals surface area contributed by atoms with E-state index in [-0.39, 0.29) is 17.9 Å². The standard InChI is InChI=1S/C17H20N2O3S/c1-11-10-14(12(2)23-11)16(20)18-13-5-7-19(8-6-13)17(21)15-4-3-9-22-15/h3-4,9-10,13H,5-8H2,1-2H3,(H,18,20). The first-order valence-corrected chi connectivity index (χ1v) is 8.57. The number of nitrogens with zero attached hydrogens (tertiary/aromatic N) is 1. The average molecular weight is 332 g/mol. The first-order chi connectivity index (χ1) is 11.0. The van der Waals surface area contributed by atoms with Gasteiger partial charge in [0.15, 0.2) is 5.76 Å². The molecule has 0 bridgehead atoms. The summed E-state index contributed by atoms with van der Waals surface area (Å²) in [7, 11) is 0. The van der Waals surface area contributed by atoms with Gasteiger partial charge < -0.3 is 14.6 Å². The topological polar surface area (TPSA) is 62.6 Å². The van der Waals surface area contributed by atoms with Gasteiger partial charge in [-0.15, -0.1) is 11.3 Å². The summed E-state index contributed by atoms with van der Waals surface area (Å²) in [5.41, 5.74) is 0.765. The monoisotopic (exact) mass is 332 g/mol. The molecule has 3 rings (SSSR count). The van der Waals surface area contributed by atoms with Crippen molar-refractivity contribution >= 4 is 23.2 Å². The van der Waals surface area contributed by atoms with Gasteiger partial charge >= 0.3 is 0 Å². The van der Waals surface area contributed by atoms with Crippen LogP contribution in [0.15, 0.2) is 28.9 Å². The van der Waals surface area contributed by atoms with Gasteiger partial charge in [-0.3, -0.25) is 9.59 Å². The molecule has 0 aromatic carbocycles. The molecule has 1 aliphatic rings. The molecule has 2 aromatic heterocycles. The number of furan rings is 1. The Morgan fingerprint density at radius 1 is 1.30 bits per heavy atom. The van der Waals surface area contributed by atoms with E-state index >= 15 is 0 Å².